The van der Waals surface area contributed by atoms with E-state index in [4.69, 9.17) is 4.74 Å². The van der Waals surface area contributed by atoms with E-state index in [1.807, 2.05) is 12.1 Å². The predicted octanol–water partition coefficient (Wildman–Crippen LogP) is 1.85. The van der Waals surface area contributed by atoms with E-state index in [1.54, 1.807) is 43.5 Å². The summed E-state index contributed by atoms with van der Waals surface area (Å²) >= 11 is 0. The monoisotopic (exact) mass is 381 g/mol. The maximum atomic E-state index is 13.0. The van der Waals surface area contributed by atoms with Crippen LogP contribution in [-0.2, 0) is 9.59 Å². The molecular formula is C21H23N3O4. The number of hydrogen-bond donors (Lipinski definition) is 1. The van der Waals surface area contributed by atoms with E-state index in [0.717, 1.165) is 18.8 Å². The Labute approximate surface area is 163 Å². The van der Waals surface area contributed by atoms with Crippen molar-refractivity contribution >= 4 is 23.2 Å². The Kier molecular flexibility index (Phi) is 4.92. The highest BCUT2D eigenvalue weighted by molar-refractivity contribution is 6.22. The van der Waals surface area contributed by atoms with Gasteiger partial charge in [0.2, 0.25) is 5.91 Å². The molecule has 2 aromatic carbocycles. The second-order valence-corrected chi connectivity index (χ2v) is 7.03. The number of anilines is 2. The van der Waals surface area contributed by atoms with Crippen LogP contribution < -0.4 is 14.5 Å². The predicted molar refractivity (Wildman–Crippen MR) is 106 cm³/mol. The lowest BCUT2D eigenvalue weighted by Crippen LogP contribution is -2.52. The van der Waals surface area contributed by atoms with Gasteiger partial charge in [0, 0.05) is 37.9 Å². The fourth-order valence-electron chi connectivity index (χ4n) is 3.88. The van der Waals surface area contributed by atoms with Gasteiger partial charge in [-0.25, -0.2) is 4.90 Å². The van der Waals surface area contributed by atoms with Gasteiger partial charge in [0.25, 0.3) is 5.91 Å². The molecule has 2 aliphatic rings. The van der Waals surface area contributed by atoms with Gasteiger partial charge < -0.3 is 14.7 Å². The van der Waals surface area contributed by atoms with Crippen LogP contribution in [0.15, 0.2) is 48.5 Å². The van der Waals surface area contributed by atoms with Crippen molar-refractivity contribution in [2.45, 2.75) is 12.5 Å². The molecule has 0 aliphatic carbocycles. The number of piperazine rings is 1. The standard InChI is InChI=1S/C21H23N3O4/c1-28-18-4-2-3-16(13-18)24-20(26)14-19(21(24)27)23-11-9-22(10-12-23)15-5-7-17(25)8-6-15/h2-8,13,19,25H,9-12,14H2,1H3/t19-/m1/s1. The molecule has 0 aromatic heterocycles. The summed E-state index contributed by atoms with van der Waals surface area (Å²) in [7, 11) is 1.56. The molecule has 0 bridgehead atoms. The van der Waals surface area contributed by atoms with Crippen LogP contribution in [0.1, 0.15) is 6.42 Å². The van der Waals surface area contributed by atoms with Gasteiger partial charge in [-0.05, 0) is 36.4 Å². The Morgan fingerprint density at radius 2 is 1.68 bits per heavy atom. The highest BCUT2D eigenvalue weighted by atomic mass is 16.5. The second kappa shape index (κ2) is 7.52. The number of imide groups is 1. The molecule has 4 rings (SSSR count). The zero-order valence-corrected chi connectivity index (χ0v) is 15.7. The summed E-state index contributed by atoms with van der Waals surface area (Å²) in [5.41, 5.74) is 1.60. The molecule has 28 heavy (non-hydrogen) atoms. The van der Waals surface area contributed by atoms with Crippen molar-refractivity contribution in [2.24, 2.45) is 0 Å². The van der Waals surface area contributed by atoms with Crippen molar-refractivity contribution in [2.75, 3.05) is 43.1 Å². The first-order valence-corrected chi connectivity index (χ1v) is 9.35. The van der Waals surface area contributed by atoms with E-state index >= 15 is 0 Å². The first-order valence-electron chi connectivity index (χ1n) is 9.35. The van der Waals surface area contributed by atoms with Crippen LogP contribution >= 0.6 is 0 Å². The third-order valence-electron chi connectivity index (χ3n) is 5.40. The number of benzene rings is 2. The van der Waals surface area contributed by atoms with Crippen molar-refractivity contribution in [3.8, 4) is 11.5 Å². The van der Waals surface area contributed by atoms with Crippen molar-refractivity contribution in [1.29, 1.82) is 0 Å². The SMILES string of the molecule is COc1cccc(N2C(=O)C[C@@H](N3CCN(c4ccc(O)cc4)CC3)C2=O)c1. The van der Waals surface area contributed by atoms with Crippen LogP contribution in [-0.4, -0.2) is 61.2 Å². The van der Waals surface area contributed by atoms with Crippen LogP contribution in [0.4, 0.5) is 11.4 Å². The van der Waals surface area contributed by atoms with Crippen LogP contribution in [0.25, 0.3) is 0 Å². The summed E-state index contributed by atoms with van der Waals surface area (Å²) in [5, 5.41) is 9.44. The Hall–Kier alpha value is -3.06. The van der Waals surface area contributed by atoms with E-state index in [1.165, 1.54) is 4.90 Å². The number of phenolic OH excluding ortho intramolecular Hbond substituents is 1. The molecule has 2 saturated heterocycles. The molecular weight excluding hydrogens is 358 g/mol. The van der Waals surface area contributed by atoms with E-state index in [0.29, 0.717) is 24.5 Å². The van der Waals surface area contributed by atoms with Crippen molar-refractivity contribution in [3.63, 3.8) is 0 Å². The molecule has 2 heterocycles. The summed E-state index contributed by atoms with van der Waals surface area (Å²) in [6, 6.07) is 13.7. The maximum absolute atomic E-state index is 13.0. The van der Waals surface area contributed by atoms with Crippen LogP contribution in [0.5, 0.6) is 11.5 Å². The van der Waals surface area contributed by atoms with Gasteiger partial charge in [-0.15, -0.1) is 0 Å². The van der Waals surface area contributed by atoms with Crippen molar-refractivity contribution in [1.82, 2.24) is 4.90 Å². The van der Waals surface area contributed by atoms with Crippen LogP contribution in [0.3, 0.4) is 0 Å². The molecule has 146 valence electrons. The average molecular weight is 381 g/mol. The highest BCUT2D eigenvalue weighted by Gasteiger charge is 2.43. The van der Waals surface area contributed by atoms with Crippen LogP contribution in [0, 0.1) is 0 Å². The molecule has 0 spiro atoms. The molecule has 2 aromatic rings. The molecule has 1 atom stereocenters. The first kappa shape index (κ1) is 18.3. The number of ether oxygens (including phenoxy) is 1. The maximum Gasteiger partial charge on any atom is 0.251 e. The van der Waals surface area contributed by atoms with Gasteiger partial charge >= 0.3 is 0 Å². The summed E-state index contributed by atoms with van der Waals surface area (Å²) in [6.07, 6.45) is 0.204. The number of phenols is 1. The van der Waals surface area contributed by atoms with Gasteiger partial charge in [-0.3, -0.25) is 14.5 Å². The molecule has 2 fully saturated rings. The fourth-order valence-corrected chi connectivity index (χ4v) is 3.88. The van der Waals surface area contributed by atoms with E-state index in [2.05, 4.69) is 9.80 Å². The number of carbonyl (C=O) groups excluding carboxylic acids is 2. The van der Waals surface area contributed by atoms with Crippen molar-refractivity contribution in [3.05, 3.63) is 48.5 Å². The van der Waals surface area contributed by atoms with Gasteiger partial charge in [0.05, 0.1) is 25.3 Å². The molecule has 2 aliphatic heterocycles. The Bertz CT molecular complexity index is 875. The lowest BCUT2D eigenvalue weighted by atomic mass is 10.1. The van der Waals surface area contributed by atoms with Gasteiger partial charge in [-0.2, -0.15) is 0 Å². The number of nitrogens with zero attached hydrogens (tertiary/aromatic N) is 3. The number of hydrogen-bond acceptors (Lipinski definition) is 6. The number of amides is 2. The molecule has 0 unspecified atom stereocenters. The molecule has 0 saturated carbocycles. The molecule has 2 amide bonds. The zero-order valence-electron chi connectivity index (χ0n) is 15.7. The minimum Gasteiger partial charge on any atom is -0.508 e. The minimum atomic E-state index is -0.416. The molecule has 0 radical (unpaired) electrons. The van der Waals surface area contributed by atoms with E-state index in [-0.39, 0.29) is 24.0 Å². The fraction of sp³-hybridized carbons (Fsp3) is 0.333. The van der Waals surface area contributed by atoms with E-state index < -0.39 is 6.04 Å². The third-order valence-corrected chi connectivity index (χ3v) is 5.40. The van der Waals surface area contributed by atoms with Gasteiger partial charge in [-0.1, -0.05) is 6.07 Å². The lowest BCUT2D eigenvalue weighted by Gasteiger charge is -2.38. The smallest absolute Gasteiger partial charge is 0.251 e. The number of aromatic hydroxyl groups is 1. The zero-order chi connectivity index (χ0) is 19.7. The summed E-state index contributed by atoms with van der Waals surface area (Å²) in [5.74, 6) is 0.514. The number of methoxy groups -OCH3 is 1. The van der Waals surface area contributed by atoms with Crippen molar-refractivity contribution < 1.29 is 19.4 Å². The highest BCUT2D eigenvalue weighted by Crippen LogP contribution is 2.29. The molecule has 7 heteroatoms. The summed E-state index contributed by atoms with van der Waals surface area (Å²) < 4.78 is 5.21. The average Bonchev–Trinajstić information content (AvgIpc) is 3.03. The number of rotatable bonds is 4. The summed E-state index contributed by atoms with van der Waals surface area (Å²) in [4.78, 5) is 31.1. The van der Waals surface area contributed by atoms with Crippen LogP contribution in [0.2, 0.25) is 0 Å². The quantitative estimate of drug-likeness (QED) is 0.815. The van der Waals surface area contributed by atoms with Gasteiger partial charge in [0.1, 0.15) is 11.5 Å². The van der Waals surface area contributed by atoms with E-state index in [9.17, 15) is 14.7 Å². The Morgan fingerprint density at radius 3 is 2.36 bits per heavy atom. The third kappa shape index (κ3) is 3.41. The second-order valence-electron chi connectivity index (χ2n) is 7.03. The molecule has 1 N–H and O–H groups in total. The number of carbonyl (C=O) groups is 2. The molecule has 7 nitrogen and oxygen atoms in total. The largest absolute Gasteiger partial charge is 0.508 e. The van der Waals surface area contributed by atoms with Gasteiger partial charge in [0.15, 0.2) is 0 Å². The minimum absolute atomic E-state index is 0.170. The lowest BCUT2D eigenvalue weighted by molar-refractivity contribution is -0.123. The Morgan fingerprint density at radius 1 is 0.964 bits per heavy atom. The Balaban J connectivity index is 1.44. The first-order chi connectivity index (χ1) is 13.6. The summed E-state index contributed by atoms with van der Waals surface area (Å²) in [6.45, 7) is 2.94. The normalized spacial score (nSPS) is 20.7. The topological polar surface area (TPSA) is 73.3 Å².